The number of ether oxygens (including phenoxy) is 2. The molecule has 0 atom stereocenters. The Morgan fingerprint density at radius 2 is 1.07 bits per heavy atom. The van der Waals surface area contributed by atoms with Crippen molar-refractivity contribution in [3.63, 3.8) is 0 Å². The molecule has 0 aromatic rings. The first-order chi connectivity index (χ1) is 20.9. The number of rotatable bonds is 16. The molecule has 4 amide bonds. The predicted molar refractivity (Wildman–Crippen MR) is 164 cm³/mol. The molecule has 0 radical (unpaired) electrons. The van der Waals surface area contributed by atoms with E-state index in [0.717, 1.165) is 4.99 Å². The lowest BCUT2D eigenvalue weighted by molar-refractivity contribution is -0.198. The van der Waals surface area contributed by atoms with Gasteiger partial charge in [-0.3, -0.25) is 24.0 Å². The minimum absolute atomic E-state index is 0.0432. The quantitative estimate of drug-likeness (QED) is 0.146. The number of thiocarbonyl (C=S) groups is 1. The molecule has 2 rings (SSSR count). The number of hydrogen-bond acceptors (Lipinski definition) is 12. The van der Waals surface area contributed by atoms with E-state index in [2.05, 4.69) is 5.32 Å². The Morgan fingerprint density at radius 1 is 0.644 bits per heavy atom. The highest BCUT2D eigenvalue weighted by Gasteiger charge is 2.33. The summed E-state index contributed by atoms with van der Waals surface area (Å²) in [6.45, 7) is 13.7. The summed E-state index contributed by atoms with van der Waals surface area (Å²) in [7, 11) is 0. The predicted octanol–water partition coefficient (Wildman–Crippen LogP) is 2.75. The monoisotopic (exact) mass is 657 g/mol. The Balaban J connectivity index is 0.000000461. The van der Waals surface area contributed by atoms with E-state index in [9.17, 15) is 33.6 Å². The number of carbonyl (C=O) groups is 7. The van der Waals surface area contributed by atoms with E-state index in [4.69, 9.17) is 31.4 Å². The molecule has 0 aliphatic carbocycles. The van der Waals surface area contributed by atoms with Gasteiger partial charge in [-0.1, -0.05) is 53.8 Å². The molecule has 2 saturated heterocycles. The van der Waals surface area contributed by atoms with Gasteiger partial charge in [-0.2, -0.15) is 0 Å². The number of Topliss-reactive ketones (excluding diaryl/α,β-unsaturated/α-hetero) is 1. The van der Waals surface area contributed by atoms with E-state index in [-0.39, 0.29) is 61.7 Å². The van der Waals surface area contributed by atoms with Crippen molar-refractivity contribution in [3.8, 4) is 0 Å². The topological polar surface area (TPSA) is 175 Å². The van der Waals surface area contributed by atoms with Gasteiger partial charge >= 0.3 is 11.9 Å². The summed E-state index contributed by atoms with van der Waals surface area (Å²) in [6.07, 6.45) is 1.89. The average Bonchev–Trinajstić information content (AvgIpc) is 3.43. The zero-order valence-corrected chi connectivity index (χ0v) is 28.0. The Hall–Kier alpha value is -3.30. The number of unbranched alkanes of at least 4 members (excludes halogenated alkanes) is 1. The first-order valence-corrected chi connectivity index (χ1v) is 15.4. The van der Waals surface area contributed by atoms with Gasteiger partial charge in [-0.05, 0) is 12.8 Å². The van der Waals surface area contributed by atoms with E-state index in [1.807, 2.05) is 41.5 Å². The largest absolute Gasteiger partial charge is 0.378 e. The molecular formula is C30H47N3O11S. The van der Waals surface area contributed by atoms with Crippen LogP contribution in [0, 0.1) is 10.8 Å². The summed E-state index contributed by atoms with van der Waals surface area (Å²) in [5, 5.41) is 4.20. The van der Waals surface area contributed by atoms with Gasteiger partial charge in [0.2, 0.25) is 0 Å². The highest BCUT2D eigenvalue weighted by atomic mass is 32.1. The molecule has 2 fully saturated rings. The summed E-state index contributed by atoms with van der Waals surface area (Å²) in [5.41, 5.74) is -0.424. The number of nitrogens with zero attached hydrogens (tertiary/aromatic N) is 2. The molecule has 15 heteroatoms. The summed E-state index contributed by atoms with van der Waals surface area (Å²) >= 11 is 5.24. The fraction of sp³-hybridized carbons (Fsp3) is 0.733. The van der Waals surface area contributed by atoms with Crippen LogP contribution in [0.1, 0.15) is 99.3 Å². The van der Waals surface area contributed by atoms with Gasteiger partial charge in [0.25, 0.3) is 23.6 Å². The molecular weight excluding hydrogens is 610 g/mol. The molecule has 0 unspecified atom stereocenters. The van der Waals surface area contributed by atoms with Gasteiger partial charge < -0.3 is 24.5 Å². The third-order valence-corrected chi connectivity index (χ3v) is 7.06. The van der Waals surface area contributed by atoms with Gasteiger partial charge in [0, 0.05) is 55.9 Å². The van der Waals surface area contributed by atoms with E-state index >= 15 is 0 Å². The second kappa shape index (κ2) is 19.3. The summed E-state index contributed by atoms with van der Waals surface area (Å²) < 4.78 is 10.6. The highest BCUT2D eigenvalue weighted by Crippen LogP contribution is 2.19. The summed E-state index contributed by atoms with van der Waals surface area (Å²) in [4.78, 5) is 89.9. The van der Waals surface area contributed by atoms with Crippen molar-refractivity contribution in [1.82, 2.24) is 15.4 Å². The Labute approximate surface area is 269 Å². The maximum absolute atomic E-state index is 11.7. The smallest absolute Gasteiger partial charge is 0.335 e. The van der Waals surface area contributed by atoms with E-state index in [1.54, 1.807) is 0 Å². The molecule has 1 N–H and O–H groups in total. The van der Waals surface area contributed by atoms with Crippen molar-refractivity contribution < 1.29 is 52.7 Å². The minimum atomic E-state index is -0.676. The van der Waals surface area contributed by atoms with Gasteiger partial charge in [0.15, 0.2) is 0 Å². The molecule has 14 nitrogen and oxygen atoms in total. The molecule has 0 spiro atoms. The normalized spacial score (nSPS) is 15.2. The molecule has 0 aromatic heterocycles. The standard InChI is InChI=1S/C16H26N2O6S.C14H21NO5/c1-16(2,3)15(25)17-7-9-23-11-10-22-8-6-14(21)24-18-12(19)4-5-13(18)20;1-14(2,3)10(16)6-4-5-7-13(19)20-15-11(17)8-9-12(15)18/h4-11H2,1-3H3,(H,17,25);4-9H2,1-3H3. The van der Waals surface area contributed by atoms with Crippen LogP contribution in [0.4, 0.5) is 0 Å². The van der Waals surface area contributed by atoms with Crippen molar-refractivity contribution in [1.29, 1.82) is 0 Å². The van der Waals surface area contributed by atoms with Crippen LogP contribution in [0.25, 0.3) is 0 Å². The lowest BCUT2D eigenvalue weighted by atomic mass is 9.88. The van der Waals surface area contributed by atoms with E-state index in [1.165, 1.54) is 0 Å². The summed E-state index contributed by atoms with van der Waals surface area (Å²) in [6, 6.07) is 0. The lowest BCUT2D eigenvalue weighted by Gasteiger charge is -2.21. The molecule has 0 saturated carbocycles. The SMILES string of the molecule is CC(C)(C)C(=O)CCCCC(=O)ON1C(=O)CCC1=O.CC(C)(C)C(=S)NCCOCCOCCC(=O)ON1C(=O)CCC1=O. The van der Waals surface area contributed by atoms with Crippen molar-refractivity contribution in [2.45, 2.75) is 99.3 Å². The number of carbonyl (C=O) groups excluding carboxylic acids is 7. The molecule has 2 aliphatic rings. The number of hydrogen-bond donors (Lipinski definition) is 1. The van der Waals surface area contributed by atoms with Crippen molar-refractivity contribution in [2.75, 3.05) is 33.0 Å². The van der Waals surface area contributed by atoms with Gasteiger partial charge in [-0.15, -0.1) is 10.1 Å². The second-order valence-electron chi connectivity index (χ2n) is 12.5. The maximum Gasteiger partial charge on any atom is 0.335 e. The number of amides is 4. The van der Waals surface area contributed by atoms with Crippen molar-refractivity contribution in [3.05, 3.63) is 0 Å². The minimum Gasteiger partial charge on any atom is -0.378 e. The molecule has 0 bridgehead atoms. The number of nitrogens with one attached hydrogen (secondary N) is 1. The third kappa shape index (κ3) is 16.0. The van der Waals surface area contributed by atoms with Gasteiger partial charge in [0.05, 0.1) is 37.8 Å². The van der Waals surface area contributed by atoms with Crippen molar-refractivity contribution >= 4 is 58.6 Å². The fourth-order valence-electron chi connectivity index (χ4n) is 3.52. The highest BCUT2D eigenvalue weighted by molar-refractivity contribution is 7.80. The number of imide groups is 2. The average molecular weight is 658 g/mol. The van der Waals surface area contributed by atoms with Crippen LogP contribution in [-0.2, 0) is 52.7 Å². The van der Waals surface area contributed by atoms with E-state index in [0.29, 0.717) is 55.8 Å². The molecule has 45 heavy (non-hydrogen) atoms. The molecule has 2 aliphatic heterocycles. The van der Waals surface area contributed by atoms with Crippen LogP contribution in [-0.4, -0.2) is 89.4 Å². The van der Waals surface area contributed by atoms with Crippen LogP contribution in [0.3, 0.4) is 0 Å². The van der Waals surface area contributed by atoms with Crippen LogP contribution in [0.5, 0.6) is 0 Å². The van der Waals surface area contributed by atoms with Crippen LogP contribution < -0.4 is 5.32 Å². The molecule has 254 valence electrons. The zero-order chi connectivity index (χ0) is 34.2. The number of hydroxylamine groups is 4. The second-order valence-corrected chi connectivity index (χ2v) is 12.9. The van der Waals surface area contributed by atoms with Gasteiger partial charge in [-0.25, -0.2) is 9.59 Å². The van der Waals surface area contributed by atoms with Crippen LogP contribution in [0.15, 0.2) is 0 Å². The Bertz CT molecular complexity index is 1060. The molecule has 2 heterocycles. The molecule has 0 aromatic carbocycles. The fourth-order valence-corrected chi connectivity index (χ4v) is 3.62. The third-order valence-electron chi connectivity index (χ3n) is 6.30. The lowest BCUT2D eigenvalue weighted by Crippen LogP contribution is -2.35. The van der Waals surface area contributed by atoms with Crippen molar-refractivity contribution in [2.24, 2.45) is 10.8 Å². The first-order valence-electron chi connectivity index (χ1n) is 15.0. The summed E-state index contributed by atoms with van der Waals surface area (Å²) in [5.74, 6) is -3.09. The van der Waals surface area contributed by atoms with Gasteiger partial charge in [0.1, 0.15) is 5.78 Å². The van der Waals surface area contributed by atoms with E-state index < -0.39 is 35.6 Å². The first kappa shape index (κ1) is 39.7. The zero-order valence-electron chi connectivity index (χ0n) is 27.2. The van der Waals surface area contributed by atoms with Crippen LogP contribution in [0.2, 0.25) is 0 Å². The maximum atomic E-state index is 11.7. The van der Waals surface area contributed by atoms with Crippen LogP contribution >= 0.6 is 12.2 Å². The number of ketones is 1. The Kier molecular flexibility index (Phi) is 17.0. The Morgan fingerprint density at radius 3 is 1.51 bits per heavy atom.